The molecule has 0 amide bonds. The minimum Gasteiger partial charge on any atom is -0.378 e. The van der Waals surface area contributed by atoms with Crippen LogP contribution in [-0.4, -0.2) is 36.3 Å². The van der Waals surface area contributed by atoms with Crippen LogP contribution in [0.15, 0.2) is 28.2 Å². The van der Waals surface area contributed by atoms with Gasteiger partial charge in [-0.05, 0) is 28.1 Å². The average molecular weight is 326 g/mol. The van der Waals surface area contributed by atoms with E-state index in [1.54, 1.807) is 17.5 Å². The summed E-state index contributed by atoms with van der Waals surface area (Å²) in [6, 6.07) is 3.96. The van der Waals surface area contributed by atoms with Crippen molar-refractivity contribution in [3.05, 3.63) is 28.2 Å². The highest BCUT2D eigenvalue weighted by molar-refractivity contribution is 9.10. The number of morpholine rings is 1. The van der Waals surface area contributed by atoms with Gasteiger partial charge in [0, 0.05) is 29.1 Å². The second kappa shape index (κ2) is 5.34. The Morgan fingerprint density at radius 3 is 2.78 bits per heavy atom. The van der Waals surface area contributed by atoms with E-state index in [0.29, 0.717) is 0 Å². The van der Waals surface area contributed by atoms with Crippen molar-refractivity contribution in [2.24, 2.45) is 0 Å². The lowest BCUT2D eigenvalue weighted by molar-refractivity contribution is 0.122. The number of hydrogen-bond donors (Lipinski definition) is 0. The number of hydrogen-bond acceptors (Lipinski definition) is 5. The van der Waals surface area contributed by atoms with Crippen LogP contribution in [0.5, 0.6) is 0 Å². The number of aromatic nitrogens is 2. The monoisotopic (exact) mass is 325 g/mol. The zero-order valence-corrected chi connectivity index (χ0v) is 12.1. The predicted octanol–water partition coefficient (Wildman–Crippen LogP) is 2.80. The van der Waals surface area contributed by atoms with E-state index < -0.39 is 0 Å². The Hall–Kier alpha value is -0.980. The van der Waals surface area contributed by atoms with Crippen LogP contribution < -0.4 is 4.90 Å². The lowest BCUT2D eigenvalue weighted by atomic mass is 10.3. The fraction of sp³-hybridized carbons (Fsp3) is 0.333. The van der Waals surface area contributed by atoms with E-state index in [1.165, 1.54) is 0 Å². The Balaban J connectivity index is 1.82. The smallest absolute Gasteiger partial charge is 0.186 e. The standard InChI is InChI=1S/C12H12BrN3OS/c13-9-1-2-10(14-7-9)11-8-18-12(15-11)16-3-5-17-6-4-16/h1-2,7-8H,3-6H2. The third-order valence-corrected chi connectivity index (χ3v) is 4.13. The van der Waals surface area contributed by atoms with Crippen LogP contribution in [0.4, 0.5) is 5.13 Å². The molecule has 2 aromatic rings. The van der Waals surface area contributed by atoms with Crippen LogP contribution in [0.2, 0.25) is 0 Å². The summed E-state index contributed by atoms with van der Waals surface area (Å²) in [6.45, 7) is 3.40. The maximum Gasteiger partial charge on any atom is 0.186 e. The molecule has 1 saturated heterocycles. The molecule has 1 aliphatic rings. The summed E-state index contributed by atoms with van der Waals surface area (Å²) in [6.07, 6.45) is 1.79. The summed E-state index contributed by atoms with van der Waals surface area (Å²) < 4.78 is 6.32. The fourth-order valence-electron chi connectivity index (χ4n) is 1.81. The molecule has 1 fully saturated rings. The molecule has 0 N–H and O–H groups in total. The number of nitrogens with zero attached hydrogens (tertiary/aromatic N) is 3. The molecular formula is C12H12BrN3OS. The third-order valence-electron chi connectivity index (χ3n) is 2.76. The van der Waals surface area contributed by atoms with Crippen LogP contribution in [0.1, 0.15) is 0 Å². The van der Waals surface area contributed by atoms with E-state index in [1.807, 2.05) is 12.1 Å². The number of halogens is 1. The highest BCUT2D eigenvalue weighted by Crippen LogP contribution is 2.27. The number of thiazole rings is 1. The van der Waals surface area contributed by atoms with Crippen molar-refractivity contribution < 1.29 is 4.74 Å². The van der Waals surface area contributed by atoms with Gasteiger partial charge in [0.15, 0.2) is 5.13 Å². The van der Waals surface area contributed by atoms with Gasteiger partial charge in [-0.25, -0.2) is 4.98 Å². The normalized spacial score (nSPS) is 15.9. The molecule has 0 aromatic carbocycles. The van der Waals surface area contributed by atoms with E-state index in [2.05, 4.69) is 36.2 Å². The quantitative estimate of drug-likeness (QED) is 0.851. The highest BCUT2D eigenvalue weighted by atomic mass is 79.9. The van der Waals surface area contributed by atoms with Gasteiger partial charge in [-0.15, -0.1) is 11.3 Å². The Morgan fingerprint density at radius 2 is 2.06 bits per heavy atom. The average Bonchev–Trinajstić information content (AvgIpc) is 2.90. The van der Waals surface area contributed by atoms with Crippen molar-refractivity contribution in [3.63, 3.8) is 0 Å². The van der Waals surface area contributed by atoms with Gasteiger partial charge in [0.25, 0.3) is 0 Å². The molecule has 2 aromatic heterocycles. The summed E-state index contributed by atoms with van der Waals surface area (Å²) in [5.74, 6) is 0. The fourth-order valence-corrected chi connectivity index (χ4v) is 2.92. The van der Waals surface area contributed by atoms with Gasteiger partial charge in [0.1, 0.15) is 5.69 Å². The Morgan fingerprint density at radius 1 is 1.22 bits per heavy atom. The first-order valence-corrected chi connectivity index (χ1v) is 7.40. The predicted molar refractivity (Wildman–Crippen MR) is 76.1 cm³/mol. The molecule has 94 valence electrons. The molecule has 0 radical (unpaired) electrons. The van der Waals surface area contributed by atoms with Crippen LogP contribution >= 0.6 is 27.3 Å². The lowest BCUT2D eigenvalue weighted by Crippen LogP contribution is -2.36. The molecule has 18 heavy (non-hydrogen) atoms. The Kier molecular flexibility index (Phi) is 3.58. The number of pyridine rings is 1. The van der Waals surface area contributed by atoms with Crippen LogP contribution in [0, 0.1) is 0 Å². The molecule has 3 rings (SSSR count). The Bertz CT molecular complexity index is 522. The molecule has 0 unspecified atom stereocenters. The highest BCUT2D eigenvalue weighted by Gasteiger charge is 2.15. The molecule has 0 saturated carbocycles. The van der Waals surface area contributed by atoms with Crippen molar-refractivity contribution in [2.45, 2.75) is 0 Å². The zero-order valence-electron chi connectivity index (χ0n) is 9.67. The van der Waals surface area contributed by atoms with E-state index in [-0.39, 0.29) is 0 Å². The van der Waals surface area contributed by atoms with Gasteiger partial charge in [-0.2, -0.15) is 0 Å². The first-order valence-electron chi connectivity index (χ1n) is 5.73. The number of ether oxygens (including phenoxy) is 1. The minimum atomic E-state index is 0.783. The minimum absolute atomic E-state index is 0.783. The summed E-state index contributed by atoms with van der Waals surface area (Å²) in [5.41, 5.74) is 1.85. The van der Waals surface area contributed by atoms with Gasteiger partial charge in [0.05, 0.1) is 18.9 Å². The lowest BCUT2D eigenvalue weighted by Gasteiger charge is -2.25. The van der Waals surface area contributed by atoms with Crippen LogP contribution in [0.3, 0.4) is 0 Å². The van der Waals surface area contributed by atoms with Crippen molar-refractivity contribution >= 4 is 32.4 Å². The molecule has 3 heterocycles. The van der Waals surface area contributed by atoms with Crippen molar-refractivity contribution in [1.29, 1.82) is 0 Å². The maximum absolute atomic E-state index is 5.34. The molecule has 4 nitrogen and oxygen atoms in total. The third kappa shape index (κ3) is 2.55. The molecule has 0 spiro atoms. The summed E-state index contributed by atoms with van der Waals surface area (Å²) in [7, 11) is 0. The van der Waals surface area contributed by atoms with Gasteiger partial charge in [0.2, 0.25) is 0 Å². The van der Waals surface area contributed by atoms with Gasteiger partial charge in [-0.3, -0.25) is 4.98 Å². The molecule has 0 atom stereocenters. The molecular weight excluding hydrogens is 314 g/mol. The van der Waals surface area contributed by atoms with Crippen molar-refractivity contribution in [1.82, 2.24) is 9.97 Å². The zero-order chi connectivity index (χ0) is 12.4. The molecule has 0 aliphatic carbocycles. The Labute approximate surface area is 118 Å². The first-order chi connectivity index (χ1) is 8.83. The second-order valence-electron chi connectivity index (χ2n) is 3.98. The summed E-state index contributed by atoms with van der Waals surface area (Å²) in [4.78, 5) is 11.3. The van der Waals surface area contributed by atoms with E-state index in [0.717, 1.165) is 47.3 Å². The van der Waals surface area contributed by atoms with Crippen molar-refractivity contribution in [3.8, 4) is 11.4 Å². The van der Waals surface area contributed by atoms with Gasteiger partial charge < -0.3 is 9.64 Å². The van der Waals surface area contributed by atoms with E-state index >= 15 is 0 Å². The summed E-state index contributed by atoms with van der Waals surface area (Å²) >= 11 is 5.05. The van der Waals surface area contributed by atoms with Crippen LogP contribution in [0.25, 0.3) is 11.4 Å². The topological polar surface area (TPSA) is 38.2 Å². The first kappa shape index (κ1) is 12.1. The molecule has 1 aliphatic heterocycles. The van der Waals surface area contributed by atoms with Gasteiger partial charge in [-0.1, -0.05) is 0 Å². The maximum atomic E-state index is 5.34. The van der Waals surface area contributed by atoms with Gasteiger partial charge >= 0.3 is 0 Å². The summed E-state index contributed by atoms with van der Waals surface area (Å²) in [5, 5.41) is 3.11. The van der Waals surface area contributed by atoms with E-state index in [9.17, 15) is 0 Å². The molecule has 6 heteroatoms. The largest absolute Gasteiger partial charge is 0.378 e. The second-order valence-corrected chi connectivity index (χ2v) is 5.73. The number of rotatable bonds is 2. The number of anilines is 1. The SMILES string of the molecule is Brc1ccc(-c2csc(N3CCOCC3)n2)nc1. The van der Waals surface area contributed by atoms with E-state index in [4.69, 9.17) is 4.74 Å². The van der Waals surface area contributed by atoms with Crippen molar-refractivity contribution in [2.75, 3.05) is 31.2 Å². The molecule has 0 bridgehead atoms. The van der Waals surface area contributed by atoms with Crippen LogP contribution in [-0.2, 0) is 4.74 Å².